The van der Waals surface area contributed by atoms with Crippen LogP contribution < -0.4 is 4.72 Å². The number of aromatic nitrogens is 2. The summed E-state index contributed by atoms with van der Waals surface area (Å²) in [5, 5.41) is 6.66. The van der Waals surface area contributed by atoms with E-state index in [0.717, 1.165) is 5.56 Å². The molecule has 0 bridgehead atoms. The molecule has 0 atom stereocenters. The fourth-order valence-electron chi connectivity index (χ4n) is 2.49. The number of benzene rings is 1. The Morgan fingerprint density at radius 1 is 1.19 bits per heavy atom. The molecule has 114 valence electrons. The zero-order valence-corrected chi connectivity index (χ0v) is 13.6. The van der Waals surface area contributed by atoms with Gasteiger partial charge in [-0.25, -0.2) is 13.1 Å². The molecule has 0 saturated carbocycles. The first-order chi connectivity index (χ1) is 9.71. The van der Waals surface area contributed by atoms with E-state index < -0.39 is 15.6 Å². The molecule has 2 rings (SSSR count). The maximum Gasteiger partial charge on any atom is 0.244 e. The third-order valence-electron chi connectivity index (χ3n) is 3.23. The van der Waals surface area contributed by atoms with Crippen LogP contribution in [0.5, 0.6) is 0 Å². The van der Waals surface area contributed by atoms with Crippen molar-refractivity contribution in [3.63, 3.8) is 0 Å². The number of aryl methyl sites for hydroxylation is 2. The maximum absolute atomic E-state index is 12.6. The molecule has 0 spiro atoms. The zero-order valence-electron chi connectivity index (χ0n) is 12.8. The second-order valence-corrected chi connectivity index (χ2v) is 7.53. The van der Waals surface area contributed by atoms with E-state index in [1.165, 1.54) is 0 Å². The molecule has 6 heteroatoms. The van der Waals surface area contributed by atoms with Crippen LogP contribution >= 0.6 is 0 Å². The number of aromatic amines is 1. The predicted molar refractivity (Wildman–Crippen MR) is 82.6 cm³/mol. The van der Waals surface area contributed by atoms with E-state index in [4.69, 9.17) is 0 Å². The smallest absolute Gasteiger partial charge is 0.244 e. The van der Waals surface area contributed by atoms with E-state index in [1.807, 2.05) is 44.2 Å². The average Bonchev–Trinajstić information content (AvgIpc) is 2.68. The molecule has 21 heavy (non-hydrogen) atoms. The Hall–Kier alpha value is -1.66. The Kier molecular flexibility index (Phi) is 4.20. The summed E-state index contributed by atoms with van der Waals surface area (Å²) in [5.74, 6) is 0. The fourth-order valence-corrected chi connectivity index (χ4v) is 4.28. The number of rotatable bonds is 5. The highest BCUT2D eigenvalue weighted by atomic mass is 32.2. The van der Waals surface area contributed by atoms with E-state index in [2.05, 4.69) is 14.9 Å². The first kappa shape index (κ1) is 15.7. The van der Waals surface area contributed by atoms with Crippen molar-refractivity contribution < 1.29 is 8.42 Å². The monoisotopic (exact) mass is 307 g/mol. The molecule has 0 saturated heterocycles. The minimum Gasteiger partial charge on any atom is -0.281 e. The molecular weight excluding hydrogens is 286 g/mol. The zero-order chi connectivity index (χ0) is 15.7. The van der Waals surface area contributed by atoms with Crippen molar-refractivity contribution in [3.8, 4) is 0 Å². The molecule has 0 aliphatic rings. The highest BCUT2D eigenvalue weighted by Crippen LogP contribution is 2.21. The lowest BCUT2D eigenvalue weighted by Gasteiger charge is -2.26. The van der Waals surface area contributed by atoms with Gasteiger partial charge in [-0.15, -0.1) is 0 Å². The van der Waals surface area contributed by atoms with Crippen LogP contribution in [0.3, 0.4) is 0 Å². The Morgan fingerprint density at radius 3 is 2.33 bits per heavy atom. The van der Waals surface area contributed by atoms with E-state index in [1.54, 1.807) is 13.8 Å². The maximum atomic E-state index is 12.6. The molecule has 5 nitrogen and oxygen atoms in total. The van der Waals surface area contributed by atoms with Gasteiger partial charge in [0.05, 0.1) is 11.4 Å². The SMILES string of the molecule is Cc1n[nH]c(C)c1S(=O)(=O)NC(C)(C)Cc1ccccc1. The summed E-state index contributed by atoms with van der Waals surface area (Å²) < 4.78 is 27.9. The molecule has 1 heterocycles. The minimum absolute atomic E-state index is 0.239. The van der Waals surface area contributed by atoms with Gasteiger partial charge in [0.2, 0.25) is 10.0 Å². The third kappa shape index (κ3) is 3.71. The second-order valence-electron chi connectivity index (χ2n) is 5.91. The predicted octanol–water partition coefficient (Wildman–Crippen LogP) is 2.33. The Bertz CT molecular complexity index is 699. The lowest BCUT2D eigenvalue weighted by atomic mass is 9.96. The molecule has 2 N–H and O–H groups in total. The van der Waals surface area contributed by atoms with Gasteiger partial charge in [0.15, 0.2) is 0 Å². The van der Waals surface area contributed by atoms with Crippen LogP contribution in [0.2, 0.25) is 0 Å². The molecule has 0 radical (unpaired) electrons. The second kappa shape index (κ2) is 5.61. The molecule has 2 aromatic rings. The Morgan fingerprint density at radius 2 is 1.81 bits per heavy atom. The minimum atomic E-state index is -3.60. The molecule has 0 unspecified atom stereocenters. The fraction of sp³-hybridized carbons (Fsp3) is 0.400. The van der Waals surface area contributed by atoms with Crippen LogP contribution in [0.4, 0.5) is 0 Å². The van der Waals surface area contributed by atoms with Crippen LogP contribution in [0.15, 0.2) is 35.2 Å². The summed E-state index contributed by atoms with van der Waals surface area (Å²) in [5.41, 5.74) is 1.54. The van der Waals surface area contributed by atoms with Gasteiger partial charge in [-0.05, 0) is 39.7 Å². The summed E-state index contributed by atoms with van der Waals surface area (Å²) in [6.07, 6.45) is 0.614. The van der Waals surface area contributed by atoms with E-state index in [9.17, 15) is 8.42 Å². The van der Waals surface area contributed by atoms with Crippen molar-refractivity contribution in [2.75, 3.05) is 0 Å². The summed E-state index contributed by atoms with van der Waals surface area (Å²) in [4.78, 5) is 0.239. The van der Waals surface area contributed by atoms with Gasteiger partial charge >= 0.3 is 0 Å². The largest absolute Gasteiger partial charge is 0.281 e. The topological polar surface area (TPSA) is 74.8 Å². The number of nitrogens with zero attached hydrogens (tertiary/aromatic N) is 1. The van der Waals surface area contributed by atoms with Crippen molar-refractivity contribution in [3.05, 3.63) is 47.3 Å². The van der Waals surface area contributed by atoms with E-state index in [0.29, 0.717) is 17.8 Å². The van der Waals surface area contributed by atoms with Crippen LogP contribution in [-0.4, -0.2) is 24.2 Å². The standard InChI is InChI=1S/C15H21N3O2S/c1-11-14(12(2)17-16-11)21(19,20)18-15(3,4)10-13-8-6-5-7-9-13/h5-9,18H,10H2,1-4H3,(H,16,17). The van der Waals surface area contributed by atoms with E-state index >= 15 is 0 Å². The summed E-state index contributed by atoms with van der Waals surface area (Å²) in [6, 6.07) is 9.82. The summed E-state index contributed by atoms with van der Waals surface area (Å²) in [7, 11) is -3.60. The molecule has 0 fully saturated rings. The number of H-pyrrole nitrogens is 1. The van der Waals surface area contributed by atoms with Crippen LogP contribution in [-0.2, 0) is 16.4 Å². The molecule has 0 aliphatic heterocycles. The highest BCUT2D eigenvalue weighted by Gasteiger charge is 2.29. The van der Waals surface area contributed by atoms with Crippen molar-refractivity contribution >= 4 is 10.0 Å². The lowest BCUT2D eigenvalue weighted by Crippen LogP contribution is -2.45. The summed E-state index contributed by atoms with van der Waals surface area (Å²) in [6.45, 7) is 7.14. The highest BCUT2D eigenvalue weighted by molar-refractivity contribution is 7.89. The quantitative estimate of drug-likeness (QED) is 0.890. The van der Waals surface area contributed by atoms with Gasteiger partial charge in [-0.2, -0.15) is 5.10 Å². The molecule has 0 aliphatic carbocycles. The summed E-state index contributed by atoms with van der Waals surface area (Å²) >= 11 is 0. The molecule has 1 aromatic heterocycles. The number of hydrogen-bond acceptors (Lipinski definition) is 3. The first-order valence-corrected chi connectivity index (χ1v) is 8.29. The Labute approximate surface area is 125 Å². The van der Waals surface area contributed by atoms with Gasteiger partial charge in [0.25, 0.3) is 0 Å². The van der Waals surface area contributed by atoms with Crippen molar-refractivity contribution in [2.24, 2.45) is 0 Å². The van der Waals surface area contributed by atoms with Gasteiger partial charge in [-0.3, -0.25) is 5.10 Å². The number of nitrogens with one attached hydrogen (secondary N) is 2. The Balaban J connectivity index is 2.23. The van der Waals surface area contributed by atoms with Gasteiger partial charge in [-0.1, -0.05) is 30.3 Å². The molecule has 0 amide bonds. The number of sulfonamides is 1. The van der Waals surface area contributed by atoms with Gasteiger partial charge in [0, 0.05) is 5.54 Å². The van der Waals surface area contributed by atoms with E-state index in [-0.39, 0.29) is 4.90 Å². The first-order valence-electron chi connectivity index (χ1n) is 6.81. The average molecular weight is 307 g/mol. The van der Waals surface area contributed by atoms with Crippen molar-refractivity contribution in [1.29, 1.82) is 0 Å². The van der Waals surface area contributed by atoms with Crippen LogP contribution in [0.1, 0.15) is 30.8 Å². The van der Waals surface area contributed by atoms with Gasteiger partial charge in [0.1, 0.15) is 4.90 Å². The number of hydrogen-bond donors (Lipinski definition) is 2. The molecule has 1 aromatic carbocycles. The van der Waals surface area contributed by atoms with Crippen LogP contribution in [0, 0.1) is 13.8 Å². The van der Waals surface area contributed by atoms with Crippen molar-refractivity contribution in [1.82, 2.24) is 14.9 Å². The lowest BCUT2D eigenvalue weighted by molar-refractivity contribution is 0.450. The van der Waals surface area contributed by atoms with Gasteiger partial charge < -0.3 is 0 Å². The van der Waals surface area contributed by atoms with Crippen molar-refractivity contribution in [2.45, 2.75) is 44.6 Å². The van der Waals surface area contributed by atoms with Crippen LogP contribution in [0.25, 0.3) is 0 Å². The normalized spacial score (nSPS) is 12.6. The third-order valence-corrected chi connectivity index (χ3v) is 5.19. The molecular formula is C15H21N3O2S.